The van der Waals surface area contributed by atoms with E-state index in [0.717, 1.165) is 5.56 Å². The average molecular weight is 347 g/mol. The van der Waals surface area contributed by atoms with Crippen molar-refractivity contribution in [1.82, 2.24) is 15.3 Å². The van der Waals surface area contributed by atoms with Gasteiger partial charge in [0.1, 0.15) is 24.0 Å². The lowest BCUT2D eigenvalue weighted by Crippen LogP contribution is -2.23. The van der Waals surface area contributed by atoms with Crippen molar-refractivity contribution < 1.29 is 13.2 Å². The summed E-state index contributed by atoms with van der Waals surface area (Å²) in [6, 6.07) is 5.40. The van der Waals surface area contributed by atoms with E-state index in [1.165, 1.54) is 0 Å². The van der Waals surface area contributed by atoms with Gasteiger partial charge >= 0.3 is 6.18 Å². The fourth-order valence-electron chi connectivity index (χ4n) is 2.43. The molecule has 3 heterocycles. The molecule has 0 amide bonds. The third-order valence-electron chi connectivity index (χ3n) is 3.50. The van der Waals surface area contributed by atoms with Crippen LogP contribution in [-0.2, 0) is 0 Å². The molecule has 25 heavy (non-hydrogen) atoms. The Hall–Kier alpha value is -3.03. The van der Waals surface area contributed by atoms with E-state index < -0.39 is 12.7 Å². The van der Waals surface area contributed by atoms with Gasteiger partial charge in [-0.2, -0.15) is 13.2 Å². The highest BCUT2D eigenvalue weighted by Crippen LogP contribution is 2.31. The zero-order valence-electron chi connectivity index (χ0n) is 13.4. The molecule has 8 heteroatoms. The second-order valence-corrected chi connectivity index (χ2v) is 5.59. The molecule has 0 saturated carbocycles. The summed E-state index contributed by atoms with van der Waals surface area (Å²) in [5, 5.41) is 8.25. The Morgan fingerprint density at radius 2 is 2.04 bits per heavy atom. The molecule has 0 unspecified atom stereocenters. The van der Waals surface area contributed by atoms with E-state index in [-0.39, 0.29) is 5.82 Å². The summed E-state index contributed by atoms with van der Waals surface area (Å²) in [4.78, 5) is 8.44. The van der Waals surface area contributed by atoms with Crippen LogP contribution in [0.2, 0.25) is 0 Å². The summed E-state index contributed by atoms with van der Waals surface area (Å²) >= 11 is 0. The fraction of sp³-hybridized carbons (Fsp3) is 0.176. The standard InChI is InChI=1S/C17H16F3N5/c1-10-3-5-22-13(7-10)24-14-8-12-4-6-21-11(2)15(12)16(25-14)23-9-17(18,19)20/h3-8,21H,2,9H2,1H3,(H2,22,23,24,25). The first-order chi connectivity index (χ1) is 11.8. The maximum Gasteiger partial charge on any atom is 0.405 e. The number of halogens is 3. The van der Waals surface area contributed by atoms with Gasteiger partial charge in [-0.25, -0.2) is 9.97 Å². The lowest BCUT2D eigenvalue weighted by atomic mass is 10.0. The van der Waals surface area contributed by atoms with E-state index >= 15 is 0 Å². The van der Waals surface area contributed by atoms with Gasteiger partial charge < -0.3 is 16.0 Å². The summed E-state index contributed by atoms with van der Waals surface area (Å²) in [5.74, 6) is 1.05. The molecular weight excluding hydrogens is 331 g/mol. The Balaban J connectivity index is 1.97. The molecule has 1 aliphatic rings. The minimum absolute atomic E-state index is 0.104. The van der Waals surface area contributed by atoms with Gasteiger partial charge in [0.05, 0.1) is 0 Å². The number of pyridine rings is 2. The van der Waals surface area contributed by atoms with Crippen LogP contribution < -0.4 is 16.0 Å². The molecule has 0 bridgehead atoms. The Morgan fingerprint density at radius 1 is 1.24 bits per heavy atom. The third kappa shape index (κ3) is 4.09. The van der Waals surface area contributed by atoms with Crippen LogP contribution in [0.3, 0.4) is 0 Å². The zero-order valence-corrected chi connectivity index (χ0v) is 13.4. The topological polar surface area (TPSA) is 61.9 Å². The molecule has 0 aromatic carbocycles. The minimum atomic E-state index is -4.35. The Kier molecular flexibility index (Phi) is 4.35. The molecule has 3 N–H and O–H groups in total. The molecule has 2 aromatic rings. The quantitative estimate of drug-likeness (QED) is 0.779. The molecule has 0 radical (unpaired) electrons. The highest BCUT2D eigenvalue weighted by Gasteiger charge is 2.28. The molecule has 1 aliphatic heterocycles. The Labute approximate surface area is 142 Å². The number of rotatable bonds is 4. The highest BCUT2D eigenvalue weighted by atomic mass is 19.4. The van der Waals surface area contributed by atoms with Crippen molar-refractivity contribution in [2.24, 2.45) is 0 Å². The number of anilines is 3. The van der Waals surface area contributed by atoms with E-state index in [4.69, 9.17) is 0 Å². The normalized spacial score (nSPS) is 13.2. The number of nitrogens with zero attached hydrogens (tertiary/aromatic N) is 2. The number of alkyl halides is 3. The summed E-state index contributed by atoms with van der Waals surface area (Å²) in [5.41, 5.74) is 2.70. The van der Waals surface area contributed by atoms with Gasteiger partial charge in [-0.3, -0.25) is 0 Å². The van der Waals surface area contributed by atoms with Crippen LogP contribution in [0.5, 0.6) is 0 Å². The predicted octanol–water partition coefficient (Wildman–Crippen LogP) is 4.05. The van der Waals surface area contributed by atoms with Crippen molar-refractivity contribution in [3.63, 3.8) is 0 Å². The number of hydrogen-bond acceptors (Lipinski definition) is 5. The second kappa shape index (κ2) is 6.46. The van der Waals surface area contributed by atoms with Crippen LogP contribution >= 0.6 is 0 Å². The zero-order chi connectivity index (χ0) is 18.0. The number of aryl methyl sites for hydroxylation is 1. The maximum atomic E-state index is 12.6. The van der Waals surface area contributed by atoms with Gasteiger partial charge in [-0.1, -0.05) is 6.58 Å². The maximum absolute atomic E-state index is 12.6. The van der Waals surface area contributed by atoms with Gasteiger partial charge in [0.2, 0.25) is 0 Å². The minimum Gasteiger partial charge on any atom is -0.362 e. The lowest BCUT2D eigenvalue weighted by Gasteiger charge is -2.21. The van der Waals surface area contributed by atoms with E-state index in [1.807, 2.05) is 19.1 Å². The van der Waals surface area contributed by atoms with E-state index in [9.17, 15) is 13.2 Å². The summed E-state index contributed by atoms with van der Waals surface area (Å²) in [6.45, 7) is 4.56. The third-order valence-corrected chi connectivity index (χ3v) is 3.50. The Morgan fingerprint density at radius 3 is 2.76 bits per heavy atom. The van der Waals surface area contributed by atoms with Crippen molar-refractivity contribution in [2.45, 2.75) is 13.1 Å². The fourth-order valence-corrected chi connectivity index (χ4v) is 2.43. The molecule has 5 nitrogen and oxygen atoms in total. The summed E-state index contributed by atoms with van der Waals surface area (Å²) in [6.07, 6.45) is 0.714. The largest absolute Gasteiger partial charge is 0.405 e. The first kappa shape index (κ1) is 16.8. The van der Waals surface area contributed by atoms with Crippen LogP contribution in [-0.4, -0.2) is 22.7 Å². The monoisotopic (exact) mass is 347 g/mol. The molecular formula is C17H16F3N5. The lowest BCUT2D eigenvalue weighted by molar-refractivity contribution is -0.115. The number of hydrogen-bond donors (Lipinski definition) is 3. The van der Waals surface area contributed by atoms with Gasteiger partial charge in [0, 0.05) is 23.7 Å². The van der Waals surface area contributed by atoms with E-state index in [0.29, 0.717) is 28.5 Å². The van der Waals surface area contributed by atoms with Crippen molar-refractivity contribution in [1.29, 1.82) is 0 Å². The first-order valence-corrected chi connectivity index (χ1v) is 7.49. The average Bonchev–Trinajstić information content (AvgIpc) is 2.52. The molecule has 130 valence electrons. The predicted molar refractivity (Wildman–Crippen MR) is 92.2 cm³/mol. The number of fused-ring (bicyclic) bond motifs is 1. The van der Waals surface area contributed by atoms with Gasteiger partial charge in [-0.15, -0.1) is 0 Å². The first-order valence-electron chi connectivity index (χ1n) is 7.49. The summed E-state index contributed by atoms with van der Waals surface area (Å²) < 4.78 is 37.8. The van der Waals surface area contributed by atoms with Crippen LogP contribution in [0.25, 0.3) is 11.8 Å². The molecule has 0 saturated heterocycles. The smallest absolute Gasteiger partial charge is 0.362 e. The summed E-state index contributed by atoms with van der Waals surface area (Å²) in [7, 11) is 0. The van der Waals surface area contributed by atoms with Crippen LogP contribution in [0.15, 0.2) is 37.2 Å². The van der Waals surface area contributed by atoms with Crippen molar-refractivity contribution in [2.75, 3.05) is 17.2 Å². The van der Waals surface area contributed by atoms with E-state index in [2.05, 4.69) is 32.5 Å². The molecule has 0 spiro atoms. The van der Waals surface area contributed by atoms with Gasteiger partial charge in [0.25, 0.3) is 0 Å². The van der Waals surface area contributed by atoms with Crippen molar-refractivity contribution >= 4 is 29.2 Å². The SMILES string of the molecule is C=C1NC=Cc2cc(Nc3cc(C)ccn3)nc(NCC(F)(F)F)c21. The van der Waals surface area contributed by atoms with Crippen molar-refractivity contribution in [3.05, 3.63) is 53.9 Å². The number of nitrogens with one attached hydrogen (secondary N) is 3. The second-order valence-electron chi connectivity index (χ2n) is 5.59. The molecule has 0 atom stereocenters. The van der Waals surface area contributed by atoms with Crippen LogP contribution in [0.1, 0.15) is 16.7 Å². The highest BCUT2D eigenvalue weighted by molar-refractivity contribution is 5.84. The van der Waals surface area contributed by atoms with Gasteiger partial charge in [0.15, 0.2) is 0 Å². The molecule has 3 rings (SSSR count). The van der Waals surface area contributed by atoms with E-state index in [1.54, 1.807) is 24.5 Å². The van der Waals surface area contributed by atoms with Crippen molar-refractivity contribution in [3.8, 4) is 0 Å². The van der Waals surface area contributed by atoms with Crippen LogP contribution in [0.4, 0.5) is 30.6 Å². The van der Waals surface area contributed by atoms with Gasteiger partial charge in [-0.05, 0) is 42.3 Å². The molecule has 2 aromatic heterocycles. The van der Waals surface area contributed by atoms with Crippen LogP contribution in [0, 0.1) is 6.92 Å². The Bertz CT molecular complexity index is 843. The number of aromatic nitrogens is 2. The molecule has 0 aliphatic carbocycles. The molecule has 0 fully saturated rings.